The van der Waals surface area contributed by atoms with E-state index >= 15 is 0 Å². The van der Waals surface area contributed by atoms with Crippen LogP contribution in [0, 0.1) is 5.41 Å². The number of halogens is 1. The Labute approximate surface area is 142 Å². The molecule has 1 aliphatic carbocycles. The highest BCUT2D eigenvalue weighted by Gasteiger charge is 2.61. The molecule has 1 aromatic carbocycles. The van der Waals surface area contributed by atoms with Crippen LogP contribution < -0.4 is 0 Å². The Morgan fingerprint density at radius 1 is 1.38 bits per heavy atom. The van der Waals surface area contributed by atoms with Gasteiger partial charge in [0.1, 0.15) is 6.17 Å². The Hall–Kier alpha value is -1.91. The largest absolute Gasteiger partial charge is 0.466 e. The smallest absolute Gasteiger partial charge is 0.314 e. The van der Waals surface area contributed by atoms with Gasteiger partial charge in [-0.25, -0.2) is 4.39 Å². The second kappa shape index (κ2) is 6.54. The van der Waals surface area contributed by atoms with Gasteiger partial charge in [-0.05, 0) is 38.7 Å². The molecule has 24 heavy (non-hydrogen) atoms. The van der Waals surface area contributed by atoms with Crippen LogP contribution in [-0.2, 0) is 14.3 Å². The average molecular weight is 333 g/mol. The Balaban J connectivity index is 1.98. The molecule has 0 spiro atoms. The van der Waals surface area contributed by atoms with Crippen LogP contribution in [0.15, 0.2) is 30.3 Å². The van der Waals surface area contributed by atoms with Crippen molar-refractivity contribution in [2.24, 2.45) is 5.41 Å². The first kappa shape index (κ1) is 16.9. The van der Waals surface area contributed by atoms with E-state index < -0.39 is 17.6 Å². The van der Waals surface area contributed by atoms with Gasteiger partial charge in [0, 0.05) is 6.42 Å². The molecular weight excluding hydrogens is 309 g/mol. The number of esters is 1. The summed E-state index contributed by atoms with van der Waals surface area (Å²) in [6.45, 7) is 3.93. The Kier molecular flexibility index (Phi) is 4.61. The molecule has 2 fully saturated rings. The molecule has 4 atom stereocenters. The number of likely N-dealkylation sites (tertiary alicyclic amines) is 1. The summed E-state index contributed by atoms with van der Waals surface area (Å²) in [5.41, 5.74) is 0.0523. The fourth-order valence-corrected chi connectivity index (χ4v) is 4.32. The summed E-state index contributed by atoms with van der Waals surface area (Å²) in [5.74, 6) is -0.436. The van der Waals surface area contributed by atoms with E-state index in [2.05, 4.69) is 0 Å². The van der Waals surface area contributed by atoms with Crippen LogP contribution in [0.4, 0.5) is 4.39 Å². The van der Waals surface area contributed by atoms with Crippen LogP contribution in [0.5, 0.6) is 0 Å². The number of rotatable bonds is 4. The van der Waals surface area contributed by atoms with E-state index in [0.29, 0.717) is 19.3 Å². The molecule has 1 unspecified atom stereocenters. The van der Waals surface area contributed by atoms with Crippen molar-refractivity contribution in [1.82, 2.24) is 4.90 Å². The summed E-state index contributed by atoms with van der Waals surface area (Å²) in [5, 5.41) is 0. The molecular formula is C19H24FNO3. The Morgan fingerprint density at radius 3 is 2.75 bits per heavy atom. The van der Waals surface area contributed by atoms with E-state index in [9.17, 15) is 14.0 Å². The number of carbonyl (C=O) groups excluding carboxylic acids is 2. The van der Waals surface area contributed by atoms with Gasteiger partial charge in [0.15, 0.2) is 0 Å². The first-order valence-corrected chi connectivity index (χ1v) is 8.68. The first-order valence-electron chi connectivity index (χ1n) is 8.68. The number of nitrogens with zero attached hydrogens (tertiary/aromatic N) is 1. The Bertz CT molecular complexity index is 620. The second-order valence-electron chi connectivity index (χ2n) is 6.76. The molecule has 1 aromatic rings. The number of benzene rings is 1. The fraction of sp³-hybridized carbons (Fsp3) is 0.579. The van der Waals surface area contributed by atoms with Gasteiger partial charge in [-0.1, -0.05) is 30.3 Å². The molecule has 0 aromatic heterocycles. The summed E-state index contributed by atoms with van der Waals surface area (Å²) < 4.78 is 20.1. The molecule has 4 nitrogen and oxygen atoms in total. The van der Waals surface area contributed by atoms with E-state index in [1.165, 1.54) is 0 Å². The van der Waals surface area contributed by atoms with Crippen molar-refractivity contribution in [3.05, 3.63) is 35.9 Å². The van der Waals surface area contributed by atoms with E-state index in [-0.39, 0.29) is 30.9 Å². The molecule has 1 saturated heterocycles. The lowest BCUT2D eigenvalue weighted by atomic mass is 9.73. The van der Waals surface area contributed by atoms with Crippen molar-refractivity contribution in [2.75, 3.05) is 6.61 Å². The molecule has 0 radical (unpaired) electrons. The third-order valence-electron chi connectivity index (χ3n) is 5.53. The predicted octanol–water partition coefficient (Wildman–Crippen LogP) is 3.42. The minimum Gasteiger partial charge on any atom is -0.466 e. The van der Waals surface area contributed by atoms with Gasteiger partial charge in [0.05, 0.1) is 24.1 Å². The molecule has 0 bridgehead atoms. The SMILES string of the molecule is CCOC(=O)[C@@]12CCC(=O)N([C@@H](C)c3ccccc3)[C@@H]1C(F)CC2. The second-order valence-corrected chi connectivity index (χ2v) is 6.76. The van der Waals surface area contributed by atoms with Crippen molar-refractivity contribution < 1.29 is 18.7 Å². The van der Waals surface area contributed by atoms with Crippen LogP contribution in [0.1, 0.15) is 51.1 Å². The maximum atomic E-state index is 14.8. The van der Waals surface area contributed by atoms with Crippen molar-refractivity contribution in [1.29, 1.82) is 0 Å². The van der Waals surface area contributed by atoms with Crippen molar-refractivity contribution >= 4 is 11.9 Å². The number of carbonyl (C=O) groups is 2. The molecule has 1 amide bonds. The Morgan fingerprint density at radius 2 is 2.08 bits per heavy atom. The maximum absolute atomic E-state index is 14.8. The van der Waals surface area contributed by atoms with E-state index in [1.54, 1.807) is 11.8 Å². The predicted molar refractivity (Wildman–Crippen MR) is 87.9 cm³/mol. The number of piperidine rings is 1. The molecule has 2 aliphatic rings. The lowest BCUT2D eigenvalue weighted by Crippen LogP contribution is -2.59. The summed E-state index contributed by atoms with van der Waals surface area (Å²) >= 11 is 0. The molecule has 0 N–H and O–H groups in total. The third kappa shape index (κ3) is 2.60. The highest BCUT2D eigenvalue weighted by molar-refractivity contribution is 5.85. The van der Waals surface area contributed by atoms with Gasteiger partial charge in [0.25, 0.3) is 0 Å². The van der Waals surface area contributed by atoms with Crippen molar-refractivity contribution in [3.8, 4) is 0 Å². The zero-order valence-electron chi connectivity index (χ0n) is 14.2. The van der Waals surface area contributed by atoms with Crippen LogP contribution in [0.2, 0.25) is 0 Å². The van der Waals surface area contributed by atoms with Gasteiger partial charge in [0.2, 0.25) is 5.91 Å². The monoisotopic (exact) mass is 333 g/mol. The minimum atomic E-state index is -1.19. The highest BCUT2D eigenvalue weighted by atomic mass is 19.1. The lowest BCUT2D eigenvalue weighted by molar-refractivity contribution is -0.169. The first-order chi connectivity index (χ1) is 11.5. The molecule has 5 heteroatoms. The van der Waals surface area contributed by atoms with Gasteiger partial charge in [-0.15, -0.1) is 0 Å². The van der Waals surface area contributed by atoms with Crippen LogP contribution in [-0.4, -0.2) is 35.6 Å². The summed E-state index contributed by atoms with van der Waals surface area (Å²) in [6, 6.07) is 8.58. The number of hydrogen-bond acceptors (Lipinski definition) is 3. The van der Waals surface area contributed by atoms with Crippen LogP contribution in [0.3, 0.4) is 0 Å². The van der Waals surface area contributed by atoms with Crippen LogP contribution in [0.25, 0.3) is 0 Å². The molecule has 3 rings (SSSR count). The summed E-state index contributed by atoms with van der Waals surface area (Å²) in [4.78, 5) is 26.9. The average Bonchev–Trinajstić information content (AvgIpc) is 2.94. The lowest BCUT2D eigenvalue weighted by Gasteiger charge is -2.47. The quantitative estimate of drug-likeness (QED) is 0.793. The summed E-state index contributed by atoms with van der Waals surface area (Å²) in [7, 11) is 0. The van der Waals surface area contributed by atoms with E-state index in [4.69, 9.17) is 4.74 Å². The van der Waals surface area contributed by atoms with Gasteiger partial charge in [-0.2, -0.15) is 0 Å². The zero-order valence-corrected chi connectivity index (χ0v) is 14.2. The van der Waals surface area contributed by atoms with Crippen molar-refractivity contribution in [2.45, 2.75) is 57.8 Å². The number of fused-ring (bicyclic) bond motifs is 1. The third-order valence-corrected chi connectivity index (χ3v) is 5.53. The molecule has 1 aliphatic heterocycles. The number of hydrogen-bond donors (Lipinski definition) is 0. The molecule has 1 heterocycles. The molecule has 1 saturated carbocycles. The standard InChI is InChI=1S/C19H24FNO3/c1-3-24-18(23)19-11-9-15(20)17(19)21(16(22)10-12-19)13(2)14-7-5-4-6-8-14/h4-8,13,15,17H,3,9-12H2,1-2H3/t13-,15?,17+,19-/m0/s1. The highest BCUT2D eigenvalue weighted by Crippen LogP contribution is 2.52. The van der Waals surface area contributed by atoms with Crippen molar-refractivity contribution in [3.63, 3.8) is 0 Å². The zero-order chi connectivity index (χ0) is 17.3. The maximum Gasteiger partial charge on any atom is 0.314 e. The van der Waals surface area contributed by atoms with Crippen LogP contribution >= 0.6 is 0 Å². The molecule has 130 valence electrons. The topological polar surface area (TPSA) is 46.6 Å². The van der Waals surface area contributed by atoms with Gasteiger partial charge < -0.3 is 9.64 Å². The fourth-order valence-electron chi connectivity index (χ4n) is 4.32. The minimum absolute atomic E-state index is 0.0826. The number of ether oxygens (including phenoxy) is 1. The van der Waals surface area contributed by atoms with Gasteiger partial charge in [-0.3, -0.25) is 9.59 Å². The summed E-state index contributed by atoms with van der Waals surface area (Å²) in [6.07, 6.45) is 0.204. The normalized spacial score (nSPS) is 30.8. The van der Waals surface area contributed by atoms with E-state index in [0.717, 1.165) is 5.56 Å². The number of amides is 1. The van der Waals surface area contributed by atoms with E-state index in [1.807, 2.05) is 37.3 Å². The number of alkyl halides is 1. The van der Waals surface area contributed by atoms with Gasteiger partial charge >= 0.3 is 5.97 Å².